The van der Waals surface area contributed by atoms with Gasteiger partial charge in [0, 0.05) is 24.5 Å². The van der Waals surface area contributed by atoms with Gasteiger partial charge in [0.15, 0.2) is 17.2 Å². The predicted molar refractivity (Wildman–Crippen MR) is 128 cm³/mol. The van der Waals surface area contributed by atoms with Gasteiger partial charge in [0.05, 0.1) is 6.10 Å². The van der Waals surface area contributed by atoms with Gasteiger partial charge in [-0.05, 0) is 68.1 Å². The summed E-state index contributed by atoms with van der Waals surface area (Å²) in [5, 5.41) is 9.71. The van der Waals surface area contributed by atoms with E-state index in [4.69, 9.17) is 4.74 Å². The summed E-state index contributed by atoms with van der Waals surface area (Å²) in [5.41, 5.74) is 0.385. The maximum absolute atomic E-state index is 12.9. The number of aliphatic hydroxyl groups is 1. The molecule has 0 radical (unpaired) electrons. The minimum absolute atomic E-state index is 0.00367. The Morgan fingerprint density at radius 1 is 1.15 bits per heavy atom. The number of allylic oxidation sites excluding steroid dienone is 4. The van der Waals surface area contributed by atoms with Crippen LogP contribution < -0.4 is 0 Å². The van der Waals surface area contributed by atoms with Crippen molar-refractivity contribution in [3.63, 3.8) is 0 Å². The van der Waals surface area contributed by atoms with Crippen molar-refractivity contribution < 1.29 is 24.2 Å². The highest BCUT2D eigenvalue weighted by Gasteiger charge is 2.53. The monoisotopic (exact) mass is 456 g/mol. The Bertz CT molecular complexity index is 881. The molecule has 3 fully saturated rings. The first-order chi connectivity index (χ1) is 15.4. The summed E-state index contributed by atoms with van der Waals surface area (Å²) in [6, 6.07) is 0. The van der Waals surface area contributed by atoms with Crippen LogP contribution in [0.2, 0.25) is 0 Å². The summed E-state index contributed by atoms with van der Waals surface area (Å²) in [4.78, 5) is 38.1. The van der Waals surface area contributed by atoms with Crippen LogP contribution in [0.25, 0.3) is 0 Å². The lowest BCUT2D eigenvalue weighted by atomic mass is 9.61. The van der Waals surface area contributed by atoms with Crippen LogP contribution in [0.4, 0.5) is 0 Å². The largest absolute Gasteiger partial charge is 0.448 e. The fraction of sp³-hybridized carbons (Fsp3) is 0.679. The Morgan fingerprint density at radius 2 is 1.85 bits per heavy atom. The molecule has 182 valence electrons. The standard InChI is InChI=1S/C28H40O5/c1-17(2)18(3)7-8-19(4)22-9-10-23-21(24(30)12-13-27(22,23)5)16-26(32)33-28(6)14-11-20(29)15-25(28)31/h7-8,16-17,19-20,22-23,29H,3,9-15H2,1-2,4-6H3. The molecule has 3 aliphatic rings. The maximum atomic E-state index is 12.9. The Morgan fingerprint density at radius 3 is 2.48 bits per heavy atom. The van der Waals surface area contributed by atoms with Crippen LogP contribution in [0.3, 0.4) is 0 Å². The number of hydrogen-bond donors (Lipinski definition) is 1. The summed E-state index contributed by atoms with van der Waals surface area (Å²) in [6.07, 6.45) is 8.91. The fourth-order valence-corrected chi connectivity index (χ4v) is 6.10. The van der Waals surface area contributed by atoms with Crippen molar-refractivity contribution in [3.05, 3.63) is 36.0 Å². The molecule has 0 aliphatic heterocycles. The summed E-state index contributed by atoms with van der Waals surface area (Å²) in [5.74, 6) is 0.331. The molecule has 0 bridgehead atoms. The minimum atomic E-state index is -1.23. The highest BCUT2D eigenvalue weighted by atomic mass is 16.6. The molecule has 5 heteroatoms. The first-order valence-electron chi connectivity index (χ1n) is 12.4. The number of aliphatic hydroxyl groups excluding tert-OH is 1. The molecule has 0 aromatic rings. The van der Waals surface area contributed by atoms with Gasteiger partial charge in [-0.15, -0.1) is 0 Å². The number of fused-ring (bicyclic) bond motifs is 1. The smallest absolute Gasteiger partial charge is 0.332 e. The van der Waals surface area contributed by atoms with Crippen molar-refractivity contribution in [2.75, 3.05) is 0 Å². The first kappa shape index (κ1) is 25.6. The van der Waals surface area contributed by atoms with Crippen LogP contribution in [-0.4, -0.2) is 34.3 Å². The second kappa shape index (κ2) is 9.69. The molecule has 5 nitrogen and oxygen atoms in total. The van der Waals surface area contributed by atoms with Crippen molar-refractivity contribution >= 4 is 17.5 Å². The zero-order valence-corrected chi connectivity index (χ0v) is 20.9. The molecule has 0 heterocycles. The number of esters is 1. The van der Waals surface area contributed by atoms with E-state index >= 15 is 0 Å². The third-order valence-electron chi connectivity index (χ3n) is 8.55. The number of ketones is 2. The molecule has 1 N–H and O–H groups in total. The highest BCUT2D eigenvalue weighted by molar-refractivity contribution is 6.02. The van der Waals surface area contributed by atoms with Crippen LogP contribution >= 0.6 is 0 Å². The van der Waals surface area contributed by atoms with Crippen LogP contribution in [0.15, 0.2) is 36.0 Å². The second-order valence-electron chi connectivity index (χ2n) is 11.2. The van der Waals surface area contributed by atoms with E-state index in [1.807, 2.05) is 0 Å². The zero-order valence-electron chi connectivity index (χ0n) is 20.9. The Labute approximate surface area is 198 Å². The zero-order chi connectivity index (χ0) is 24.6. The number of Topliss-reactive ketones (excluding diaryl/α,β-unsaturated/α-hetero) is 2. The normalized spacial score (nSPS) is 36.9. The van der Waals surface area contributed by atoms with E-state index in [1.165, 1.54) is 6.08 Å². The van der Waals surface area contributed by atoms with Crippen LogP contribution in [0, 0.1) is 29.1 Å². The van der Waals surface area contributed by atoms with Crippen molar-refractivity contribution in [1.82, 2.24) is 0 Å². The van der Waals surface area contributed by atoms with Crippen LogP contribution in [-0.2, 0) is 19.1 Å². The van der Waals surface area contributed by atoms with E-state index in [9.17, 15) is 19.5 Å². The third kappa shape index (κ3) is 5.24. The molecular weight excluding hydrogens is 416 g/mol. The molecule has 33 heavy (non-hydrogen) atoms. The van der Waals surface area contributed by atoms with E-state index < -0.39 is 17.7 Å². The van der Waals surface area contributed by atoms with Crippen molar-refractivity contribution in [2.45, 2.75) is 91.3 Å². The van der Waals surface area contributed by atoms with Gasteiger partial charge in [-0.25, -0.2) is 4.79 Å². The van der Waals surface area contributed by atoms with Gasteiger partial charge in [-0.1, -0.05) is 52.0 Å². The summed E-state index contributed by atoms with van der Waals surface area (Å²) < 4.78 is 5.58. The fourth-order valence-electron chi connectivity index (χ4n) is 6.10. The summed E-state index contributed by atoms with van der Waals surface area (Å²) in [7, 11) is 0. The SMILES string of the molecule is C=C(C=CC(C)C1CCC2C(=CC(=O)OC3(C)CCC(O)CC3=O)C(=O)CCC21C)C(C)C. The Balaban J connectivity index is 1.77. The lowest BCUT2D eigenvalue weighted by molar-refractivity contribution is -0.167. The molecule has 0 spiro atoms. The van der Waals surface area contributed by atoms with E-state index in [1.54, 1.807) is 6.92 Å². The van der Waals surface area contributed by atoms with Crippen LogP contribution in [0.5, 0.6) is 0 Å². The van der Waals surface area contributed by atoms with Gasteiger partial charge in [0.1, 0.15) is 0 Å². The average molecular weight is 457 g/mol. The molecular formula is C28H40O5. The van der Waals surface area contributed by atoms with Gasteiger partial charge < -0.3 is 9.84 Å². The first-order valence-corrected chi connectivity index (χ1v) is 12.4. The Hall–Kier alpha value is -2.01. The summed E-state index contributed by atoms with van der Waals surface area (Å²) >= 11 is 0. The molecule has 0 saturated heterocycles. The molecule has 0 aromatic heterocycles. The number of carbonyl (C=O) groups is 3. The van der Waals surface area contributed by atoms with Gasteiger partial charge in [0.25, 0.3) is 0 Å². The molecule has 0 amide bonds. The molecule has 3 aliphatic carbocycles. The predicted octanol–water partition coefficient (Wildman–Crippen LogP) is 5.13. The molecule has 3 saturated carbocycles. The van der Waals surface area contributed by atoms with Crippen LogP contribution in [0.1, 0.15) is 79.6 Å². The topological polar surface area (TPSA) is 80.7 Å². The Kier molecular flexibility index (Phi) is 7.52. The van der Waals surface area contributed by atoms with Crippen molar-refractivity contribution in [3.8, 4) is 0 Å². The lowest BCUT2D eigenvalue weighted by Crippen LogP contribution is -2.46. The van der Waals surface area contributed by atoms with Crippen molar-refractivity contribution in [1.29, 1.82) is 0 Å². The second-order valence-corrected chi connectivity index (χ2v) is 11.2. The number of rotatable bonds is 6. The van der Waals surface area contributed by atoms with Gasteiger partial charge >= 0.3 is 5.97 Å². The molecule has 3 rings (SSSR count). The molecule has 6 unspecified atom stereocenters. The van der Waals surface area contributed by atoms with E-state index in [-0.39, 0.29) is 29.3 Å². The average Bonchev–Trinajstić information content (AvgIpc) is 3.09. The third-order valence-corrected chi connectivity index (χ3v) is 8.55. The van der Waals surface area contributed by atoms with E-state index in [0.29, 0.717) is 42.6 Å². The van der Waals surface area contributed by atoms with Gasteiger partial charge in [-0.3, -0.25) is 9.59 Å². The number of hydrogen-bond acceptors (Lipinski definition) is 5. The van der Waals surface area contributed by atoms with E-state index in [0.717, 1.165) is 24.8 Å². The van der Waals surface area contributed by atoms with Gasteiger partial charge in [-0.2, -0.15) is 0 Å². The van der Waals surface area contributed by atoms with Crippen molar-refractivity contribution in [2.24, 2.45) is 29.1 Å². The van der Waals surface area contributed by atoms with E-state index in [2.05, 4.69) is 46.4 Å². The minimum Gasteiger partial charge on any atom is -0.448 e. The molecule has 6 atom stereocenters. The number of ether oxygens (including phenoxy) is 1. The highest BCUT2D eigenvalue weighted by Crippen LogP contribution is 2.58. The number of carbonyl (C=O) groups excluding carboxylic acids is 3. The lowest BCUT2D eigenvalue weighted by Gasteiger charge is -2.43. The quantitative estimate of drug-likeness (QED) is 0.340. The maximum Gasteiger partial charge on any atom is 0.332 e. The summed E-state index contributed by atoms with van der Waals surface area (Å²) in [6.45, 7) is 14.5. The van der Waals surface area contributed by atoms with Gasteiger partial charge in [0.2, 0.25) is 0 Å². The molecule has 0 aromatic carbocycles.